The number of ether oxygens (including phenoxy) is 2. The molecule has 2 saturated heterocycles. The molecule has 11 heteroatoms. The number of carbonyl (C=O) groups is 3. The summed E-state index contributed by atoms with van der Waals surface area (Å²) in [5.74, 6) is 0.0548. The lowest BCUT2D eigenvalue weighted by Gasteiger charge is -2.37. The van der Waals surface area contributed by atoms with Crippen LogP contribution in [-0.2, 0) is 16.1 Å². The number of benzene rings is 3. The Kier molecular flexibility index (Phi) is 12.2. The Labute approximate surface area is 281 Å². The number of hydrogen-bond acceptors (Lipinski definition) is 8. The van der Waals surface area contributed by atoms with Crippen LogP contribution in [0.5, 0.6) is 5.75 Å². The van der Waals surface area contributed by atoms with E-state index in [0.717, 1.165) is 80.7 Å². The molecule has 2 aliphatic rings. The minimum Gasteiger partial charge on any atom is -0.496 e. The molecule has 5 rings (SSSR count). The first-order chi connectivity index (χ1) is 22.9. The topological polar surface area (TPSA) is 117 Å². The first kappa shape index (κ1) is 34.4. The van der Waals surface area contributed by atoms with Gasteiger partial charge in [0.1, 0.15) is 12.4 Å². The van der Waals surface area contributed by atoms with E-state index >= 15 is 0 Å². The van der Waals surface area contributed by atoms with Crippen molar-refractivity contribution in [1.82, 2.24) is 15.2 Å². The van der Waals surface area contributed by atoms with Crippen LogP contribution in [0.1, 0.15) is 48.0 Å². The lowest BCUT2D eigenvalue weighted by Crippen LogP contribution is -2.50. The van der Waals surface area contributed by atoms with Crippen molar-refractivity contribution in [3.05, 3.63) is 82.9 Å². The quantitative estimate of drug-likeness (QED) is 0.181. The van der Waals surface area contributed by atoms with E-state index in [1.54, 1.807) is 24.3 Å². The van der Waals surface area contributed by atoms with Gasteiger partial charge in [0.2, 0.25) is 5.91 Å². The lowest BCUT2D eigenvalue weighted by molar-refractivity contribution is -0.123. The van der Waals surface area contributed by atoms with Crippen LogP contribution in [0.3, 0.4) is 0 Å². The number of rotatable bonds is 13. The van der Waals surface area contributed by atoms with E-state index < -0.39 is 6.09 Å². The summed E-state index contributed by atoms with van der Waals surface area (Å²) < 4.78 is 11.4. The van der Waals surface area contributed by atoms with E-state index in [1.807, 2.05) is 54.6 Å². The summed E-state index contributed by atoms with van der Waals surface area (Å²) in [6.45, 7) is 4.03. The highest BCUT2D eigenvalue weighted by Crippen LogP contribution is 2.33. The summed E-state index contributed by atoms with van der Waals surface area (Å²) in [7, 11) is 1.57. The third-order valence-electron chi connectivity index (χ3n) is 8.85. The van der Waals surface area contributed by atoms with Crippen LogP contribution in [0.4, 0.5) is 10.5 Å². The number of ketones is 1. The maximum Gasteiger partial charge on any atom is 0.429 e. The van der Waals surface area contributed by atoms with Crippen LogP contribution >= 0.6 is 11.6 Å². The number of methoxy groups -OCH3 is 1. The van der Waals surface area contributed by atoms with Crippen molar-refractivity contribution in [2.75, 3.05) is 58.0 Å². The summed E-state index contributed by atoms with van der Waals surface area (Å²) in [6.07, 6.45) is 4.13. The Hall–Kier alpha value is -3.96. The Morgan fingerprint density at radius 3 is 2.36 bits per heavy atom. The SMILES string of the molecule is COc1cc(C(=O)CNCCOC(=O)N(c2ccccc2-c2ccccc2)N2CCCCC2)c(Cl)cc1CN1CCC(C(N)=O)CC1. The number of primary amides is 1. The Bertz CT molecular complexity index is 1520. The van der Waals surface area contributed by atoms with Gasteiger partial charge in [0.15, 0.2) is 5.78 Å². The van der Waals surface area contributed by atoms with E-state index in [-0.39, 0.29) is 30.8 Å². The number of halogens is 1. The summed E-state index contributed by atoms with van der Waals surface area (Å²) >= 11 is 6.58. The van der Waals surface area contributed by atoms with Gasteiger partial charge in [0, 0.05) is 48.8 Å². The van der Waals surface area contributed by atoms with Gasteiger partial charge in [-0.15, -0.1) is 0 Å². The molecule has 0 unspecified atom stereocenters. The van der Waals surface area contributed by atoms with Crippen molar-refractivity contribution < 1.29 is 23.9 Å². The predicted octanol–water partition coefficient (Wildman–Crippen LogP) is 5.53. The standard InChI is InChI=1S/C36H44ClN5O5/c1-46-34-23-30(31(37)22-28(34)25-40-19-14-27(15-20-40)35(38)44)33(43)24-39-16-21-47-36(45)42(41-17-8-3-9-18-41)32-13-7-6-12-29(32)26-10-4-2-5-11-26/h2,4-7,10-13,22-23,27,39H,3,8-9,14-21,24-25H2,1H3,(H2,38,44). The number of carbonyl (C=O) groups excluding carboxylic acids is 3. The fraction of sp³-hybridized carbons (Fsp3) is 0.417. The van der Waals surface area contributed by atoms with Crippen LogP contribution in [0, 0.1) is 5.92 Å². The van der Waals surface area contributed by atoms with E-state index in [1.165, 1.54) is 0 Å². The van der Waals surface area contributed by atoms with Crippen molar-refractivity contribution in [2.24, 2.45) is 11.7 Å². The molecule has 3 N–H and O–H groups in total. The number of anilines is 1. The number of nitrogens with zero attached hydrogens (tertiary/aromatic N) is 3. The molecule has 2 fully saturated rings. The molecule has 0 spiro atoms. The van der Waals surface area contributed by atoms with Crippen molar-refractivity contribution in [3.63, 3.8) is 0 Å². The van der Waals surface area contributed by atoms with Crippen molar-refractivity contribution in [1.29, 1.82) is 0 Å². The first-order valence-corrected chi connectivity index (χ1v) is 16.7. The van der Waals surface area contributed by atoms with Crippen molar-refractivity contribution >= 4 is 35.1 Å². The highest BCUT2D eigenvalue weighted by Gasteiger charge is 2.29. The van der Waals surface area contributed by atoms with Crippen LogP contribution in [-0.4, -0.2) is 80.7 Å². The molecule has 2 amide bonds. The molecular formula is C36H44ClN5O5. The number of para-hydroxylation sites is 1. The Morgan fingerprint density at radius 1 is 0.957 bits per heavy atom. The fourth-order valence-corrected chi connectivity index (χ4v) is 6.56. The molecule has 3 aromatic rings. The summed E-state index contributed by atoms with van der Waals surface area (Å²) in [4.78, 5) is 40.5. The third kappa shape index (κ3) is 8.90. The molecule has 0 radical (unpaired) electrons. The van der Waals surface area contributed by atoms with E-state index in [0.29, 0.717) is 29.4 Å². The summed E-state index contributed by atoms with van der Waals surface area (Å²) in [6, 6.07) is 21.3. The van der Waals surface area contributed by atoms with Crippen LogP contribution in [0.25, 0.3) is 11.1 Å². The maximum atomic E-state index is 13.6. The van der Waals surface area contributed by atoms with E-state index in [2.05, 4.69) is 15.2 Å². The van der Waals surface area contributed by atoms with Crippen molar-refractivity contribution in [2.45, 2.75) is 38.6 Å². The molecule has 0 aliphatic carbocycles. The van der Waals surface area contributed by atoms with Crippen LogP contribution < -0.4 is 20.8 Å². The Balaban J connectivity index is 1.16. The van der Waals surface area contributed by atoms with Gasteiger partial charge in [-0.05, 0) is 62.5 Å². The molecule has 47 heavy (non-hydrogen) atoms. The number of Topliss-reactive ketones (excluding diaryl/α,β-unsaturated/α-hetero) is 1. The second-order valence-electron chi connectivity index (χ2n) is 12.0. The average molecular weight is 662 g/mol. The van der Waals surface area contributed by atoms with Gasteiger partial charge < -0.3 is 20.5 Å². The molecular weight excluding hydrogens is 618 g/mol. The fourth-order valence-electron chi connectivity index (χ4n) is 6.27. The number of hydrogen-bond donors (Lipinski definition) is 2. The number of piperidine rings is 2. The van der Waals surface area contributed by atoms with Crippen LogP contribution in [0.2, 0.25) is 5.02 Å². The van der Waals surface area contributed by atoms with Crippen LogP contribution in [0.15, 0.2) is 66.7 Å². The number of likely N-dealkylation sites (tertiary alicyclic amines) is 1. The maximum absolute atomic E-state index is 13.6. The van der Waals surface area contributed by atoms with Gasteiger partial charge in [0.05, 0.1) is 24.4 Å². The third-order valence-corrected chi connectivity index (χ3v) is 9.16. The zero-order valence-electron chi connectivity index (χ0n) is 27.0. The zero-order chi connectivity index (χ0) is 33.2. The first-order valence-electron chi connectivity index (χ1n) is 16.3. The van der Waals surface area contributed by atoms with E-state index in [9.17, 15) is 14.4 Å². The van der Waals surface area contributed by atoms with Gasteiger partial charge in [-0.3, -0.25) is 14.5 Å². The molecule has 2 aliphatic heterocycles. The molecule has 0 saturated carbocycles. The lowest BCUT2D eigenvalue weighted by atomic mass is 9.96. The normalized spacial score (nSPS) is 16.0. The highest BCUT2D eigenvalue weighted by atomic mass is 35.5. The molecule has 3 aromatic carbocycles. The highest BCUT2D eigenvalue weighted by molar-refractivity contribution is 6.34. The monoisotopic (exact) mass is 661 g/mol. The minimum absolute atomic E-state index is 0.0209. The number of nitrogens with one attached hydrogen (secondary N) is 1. The minimum atomic E-state index is -0.453. The average Bonchev–Trinajstić information content (AvgIpc) is 3.09. The smallest absolute Gasteiger partial charge is 0.429 e. The number of nitrogens with two attached hydrogens (primary N) is 1. The molecule has 2 heterocycles. The largest absolute Gasteiger partial charge is 0.496 e. The molecule has 0 aromatic heterocycles. The summed E-state index contributed by atoms with van der Waals surface area (Å²) in [5, 5.41) is 7.16. The Morgan fingerprint density at radius 2 is 1.66 bits per heavy atom. The second kappa shape index (κ2) is 16.7. The van der Waals surface area contributed by atoms with Gasteiger partial charge >= 0.3 is 6.09 Å². The van der Waals surface area contributed by atoms with Crippen molar-refractivity contribution in [3.8, 4) is 16.9 Å². The zero-order valence-corrected chi connectivity index (χ0v) is 27.7. The van der Waals surface area contributed by atoms with Gasteiger partial charge in [-0.2, -0.15) is 0 Å². The molecule has 10 nitrogen and oxygen atoms in total. The predicted molar refractivity (Wildman–Crippen MR) is 184 cm³/mol. The second-order valence-corrected chi connectivity index (χ2v) is 12.4. The molecule has 0 atom stereocenters. The summed E-state index contributed by atoms with van der Waals surface area (Å²) in [5.41, 5.74) is 9.44. The number of hydrazine groups is 1. The van der Waals surface area contributed by atoms with Gasteiger partial charge in [0.25, 0.3) is 0 Å². The number of amides is 2. The van der Waals surface area contributed by atoms with Gasteiger partial charge in [-0.25, -0.2) is 14.8 Å². The van der Waals surface area contributed by atoms with E-state index in [4.69, 9.17) is 26.8 Å². The molecule has 0 bridgehead atoms. The molecule has 250 valence electrons. The van der Waals surface area contributed by atoms with Gasteiger partial charge in [-0.1, -0.05) is 66.6 Å².